The van der Waals surface area contributed by atoms with E-state index in [0.717, 1.165) is 0 Å². The number of hydrogen-bond donors (Lipinski definition) is 2. The molecule has 2 N–H and O–H groups in total. The second-order valence-corrected chi connectivity index (χ2v) is 3.60. The number of rotatable bonds is 4. The van der Waals surface area contributed by atoms with Crippen molar-refractivity contribution in [2.45, 2.75) is 13.5 Å². The van der Waals surface area contributed by atoms with Crippen molar-refractivity contribution in [2.75, 3.05) is 6.61 Å². The van der Waals surface area contributed by atoms with Gasteiger partial charge in [-0.15, -0.1) is 0 Å². The number of carboxylic acid groups (broad SMARTS) is 1. The molecular weight excluding hydrogens is 246 g/mol. The van der Waals surface area contributed by atoms with Crippen LogP contribution in [0.4, 0.5) is 4.79 Å². The van der Waals surface area contributed by atoms with E-state index in [1.807, 2.05) is 0 Å². The number of aromatic carboxylic acids is 1. The van der Waals surface area contributed by atoms with Crippen molar-refractivity contribution < 1.29 is 19.4 Å². The second kappa shape index (κ2) is 6.10. The van der Waals surface area contributed by atoms with Crippen LogP contribution in [0.3, 0.4) is 0 Å². The SMILES string of the molecule is CCOC(=O)NCc1ccc(Cl)c(C(=O)O)c1. The minimum atomic E-state index is -1.10. The third-order valence-corrected chi connectivity index (χ3v) is 2.30. The average Bonchev–Trinajstić information content (AvgIpc) is 2.28. The van der Waals surface area contributed by atoms with Gasteiger partial charge in [0.25, 0.3) is 0 Å². The number of amides is 1. The summed E-state index contributed by atoms with van der Waals surface area (Å²) in [6.45, 7) is 2.17. The molecule has 0 saturated carbocycles. The Morgan fingerprint density at radius 3 is 2.76 bits per heavy atom. The highest BCUT2D eigenvalue weighted by Gasteiger charge is 2.09. The molecular formula is C11H12ClNO4. The first-order chi connectivity index (χ1) is 8.04. The first-order valence-corrected chi connectivity index (χ1v) is 5.34. The van der Waals surface area contributed by atoms with E-state index in [0.29, 0.717) is 5.56 Å². The van der Waals surface area contributed by atoms with Gasteiger partial charge in [0.15, 0.2) is 0 Å². The maximum absolute atomic E-state index is 11.0. The molecule has 0 unspecified atom stereocenters. The quantitative estimate of drug-likeness (QED) is 0.868. The van der Waals surface area contributed by atoms with Crippen LogP contribution in [0.25, 0.3) is 0 Å². The third-order valence-electron chi connectivity index (χ3n) is 1.97. The molecule has 0 aliphatic carbocycles. The van der Waals surface area contributed by atoms with Gasteiger partial charge in [0, 0.05) is 6.54 Å². The number of nitrogens with one attached hydrogen (secondary N) is 1. The molecule has 0 heterocycles. The van der Waals surface area contributed by atoms with Gasteiger partial charge in [-0.2, -0.15) is 0 Å². The molecule has 1 aromatic rings. The summed E-state index contributed by atoms with van der Waals surface area (Å²) >= 11 is 5.71. The van der Waals surface area contributed by atoms with Gasteiger partial charge in [-0.1, -0.05) is 17.7 Å². The van der Waals surface area contributed by atoms with E-state index in [1.54, 1.807) is 13.0 Å². The molecule has 5 nitrogen and oxygen atoms in total. The Bertz CT molecular complexity index is 433. The van der Waals surface area contributed by atoms with Crippen molar-refractivity contribution in [3.05, 3.63) is 34.3 Å². The summed E-state index contributed by atoms with van der Waals surface area (Å²) in [7, 11) is 0. The van der Waals surface area contributed by atoms with Gasteiger partial charge >= 0.3 is 12.1 Å². The number of carbonyl (C=O) groups is 2. The number of carbonyl (C=O) groups excluding carboxylic acids is 1. The Hall–Kier alpha value is -1.75. The van der Waals surface area contributed by atoms with Gasteiger partial charge in [-0.05, 0) is 24.6 Å². The number of benzene rings is 1. The molecule has 0 spiro atoms. The van der Waals surface area contributed by atoms with Crippen LogP contribution in [0.1, 0.15) is 22.8 Å². The van der Waals surface area contributed by atoms with Crippen LogP contribution in [0, 0.1) is 0 Å². The monoisotopic (exact) mass is 257 g/mol. The Kier molecular flexibility index (Phi) is 4.78. The molecule has 0 radical (unpaired) electrons. The molecule has 1 rings (SSSR count). The maximum atomic E-state index is 11.0. The molecule has 1 aromatic carbocycles. The van der Waals surface area contributed by atoms with Crippen molar-refractivity contribution in [2.24, 2.45) is 0 Å². The molecule has 0 aliphatic heterocycles. The van der Waals surface area contributed by atoms with Crippen molar-refractivity contribution in [1.29, 1.82) is 0 Å². The third kappa shape index (κ3) is 3.96. The smallest absolute Gasteiger partial charge is 0.407 e. The van der Waals surface area contributed by atoms with Crippen LogP contribution < -0.4 is 5.32 Å². The molecule has 1 amide bonds. The van der Waals surface area contributed by atoms with Crippen molar-refractivity contribution >= 4 is 23.7 Å². The van der Waals surface area contributed by atoms with Crippen LogP contribution in [-0.4, -0.2) is 23.8 Å². The number of carboxylic acids is 1. The fraction of sp³-hybridized carbons (Fsp3) is 0.273. The molecule has 0 bridgehead atoms. The minimum absolute atomic E-state index is 0.00910. The molecule has 17 heavy (non-hydrogen) atoms. The van der Waals surface area contributed by atoms with Gasteiger partial charge in [-0.25, -0.2) is 9.59 Å². The van der Waals surface area contributed by atoms with E-state index in [1.165, 1.54) is 12.1 Å². The highest BCUT2D eigenvalue weighted by Crippen LogP contribution is 2.17. The Balaban J connectivity index is 2.69. The molecule has 6 heteroatoms. The average molecular weight is 258 g/mol. The van der Waals surface area contributed by atoms with Gasteiger partial charge in [0.05, 0.1) is 17.2 Å². The predicted molar refractivity (Wildman–Crippen MR) is 62.3 cm³/mol. The Morgan fingerprint density at radius 1 is 1.47 bits per heavy atom. The Morgan fingerprint density at radius 2 is 2.18 bits per heavy atom. The summed E-state index contributed by atoms with van der Waals surface area (Å²) in [5.74, 6) is -1.10. The number of halogens is 1. The predicted octanol–water partition coefficient (Wildman–Crippen LogP) is 2.28. The summed E-state index contributed by atoms with van der Waals surface area (Å²) in [5.41, 5.74) is 0.648. The number of hydrogen-bond acceptors (Lipinski definition) is 3. The zero-order valence-electron chi connectivity index (χ0n) is 9.20. The van der Waals surface area contributed by atoms with E-state index < -0.39 is 12.1 Å². The van der Waals surface area contributed by atoms with Crippen LogP contribution in [0.15, 0.2) is 18.2 Å². The van der Waals surface area contributed by atoms with E-state index >= 15 is 0 Å². The fourth-order valence-corrected chi connectivity index (χ4v) is 1.40. The lowest BCUT2D eigenvalue weighted by molar-refractivity contribution is 0.0697. The maximum Gasteiger partial charge on any atom is 0.407 e. The number of ether oxygens (including phenoxy) is 1. The highest BCUT2D eigenvalue weighted by molar-refractivity contribution is 6.33. The van der Waals surface area contributed by atoms with Gasteiger partial charge in [0.2, 0.25) is 0 Å². The molecule has 0 atom stereocenters. The van der Waals surface area contributed by atoms with Crippen LogP contribution in [0.2, 0.25) is 5.02 Å². The lowest BCUT2D eigenvalue weighted by atomic mass is 10.1. The second-order valence-electron chi connectivity index (χ2n) is 3.19. The summed E-state index contributed by atoms with van der Waals surface area (Å²) in [5, 5.41) is 11.5. The van der Waals surface area contributed by atoms with Crippen molar-refractivity contribution in [3.63, 3.8) is 0 Å². The molecule has 0 aliphatic rings. The van der Waals surface area contributed by atoms with Crippen LogP contribution >= 0.6 is 11.6 Å². The van der Waals surface area contributed by atoms with E-state index in [-0.39, 0.29) is 23.7 Å². The summed E-state index contributed by atoms with van der Waals surface area (Å²) in [6, 6.07) is 4.53. The van der Waals surface area contributed by atoms with Crippen molar-refractivity contribution in [3.8, 4) is 0 Å². The molecule has 0 fully saturated rings. The zero-order valence-corrected chi connectivity index (χ0v) is 9.95. The van der Waals surface area contributed by atoms with Gasteiger partial charge in [0.1, 0.15) is 0 Å². The number of alkyl carbamates (subject to hydrolysis) is 1. The molecule has 0 aromatic heterocycles. The van der Waals surface area contributed by atoms with E-state index in [2.05, 4.69) is 10.1 Å². The van der Waals surface area contributed by atoms with E-state index in [9.17, 15) is 9.59 Å². The summed E-state index contributed by atoms with van der Waals surface area (Å²) in [4.78, 5) is 21.8. The van der Waals surface area contributed by atoms with Gasteiger partial charge < -0.3 is 15.2 Å². The molecule has 0 saturated heterocycles. The zero-order chi connectivity index (χ0) is 12.8. The largest absolute Gasteiger partial charge is 0.478 e. The Labute approximate surface area is 103 Å². The van der Waals surface area contributed by atoms with E-state index in [4.69, 9.17) is 16.7 Å². The topological polar surface area (TPSA) is 75.6 Å². The first kappa shape index (κ1) is 13.3. The molecule has 92 valence electrons. The summed E-state index contributed by atoms with van der Waals surface area (Å²) < 4.78 is 4.67. The lowest BCUT2D eigenvalue weighted by Gasteiger charge is -2.06. The van der Waals surface area contributed by atoms with Crippen molar-refractivity contribution in [1.82, 2.24) is 5.32 Å². The highest BCUT2D eigenvalue weighted by atomic mass is 35.5. The minimum Gasteiger partial charge on any atom is -0.478 e. The van der Waals surface area contributed by atoms with Crippen LogP contribution in [0.5, 0.6) is 0 Å². The normalized spacial score (nSPS) is 9.76. The fourth-order valence-electron chi connectivity index (χ4n) is 1.20. The lowest BCUT2D eigenvalue weighted by Crippen LogP contribution is -2.23. The standard InChI is InChI=1S/C11H12ClNO4/c1-2-17-11(16)13-6-7-3-4-9(12)8(5-7)10(14)15/h3-5H,2,6H2,1H3,(H,13,16)(H,14,15). The van der Waals surface area contributed by atoms with Gasteiger partial charge in [-0.3, -0.25) is 0 Å². The first-order valence-electron chi connectivity index (χ1n) is 4.97. The summed E-state index contributed by atoms with van der Waals surface area (Å²) in [6.07, 6.45) is -0.542. The van der Waals surface area contributed by atoms with Crippen LogP contribution in [-0.2, 0) is 11.3 Å².